The third kappa shape index (κ3) is 3.79. The fourth-order valence-corrected chi connectivity index (χ4v) is 0.500. The lowest BCUT2D eigenvalue weighted by molar-refractivity contribution is -0.123. The van der Waals surface area contributed by atoms with Crippen LogP contribution in [0.15, 0.2) is 0 Å². The first-order valence-electron chi connectivity index (χ1n) is 3.11. The lowest BCUT2D eigenvalue weighted by atomic mass is 10.2. The van der Waals surface area contributed by atoms with E-state index in [1.807, 2.05) is 0 Å². The number of methoxy groups -OCH3 is 1. The van der Waals surface area contributed by atoms with Crippen molar-refractivity contribution in [2.24, 2.45) is 0 Å². The molecule has 4 nitrogen and oxygen atoms in total. The molecule has 10 heavy (non-hydrogen) atoms. The molecule has 0 saturated carbocycles. The molecule has 0 aliphatic carbocycles. The molecule has 1 unspecified atom stereocenters. The van der Waals surface area contributed by atoms with E-state index in [0.29, 0.717) is 0 Å². The Morgan fingerprint density at radius 3 is 2.40 bits per heavy atom. The van der Waals surface area contributed by atoms with Gasteiger partial charge in [0.2, 0.25) is 0 Å². The average Bonchev–Trinajstić information content (AvgIpc) is 1.89. The van der Waals surface area contributed by atoms with E-state index in [1.54, 1.807) is 6.92 Å². The Labute approximate surface area is 60.4 Å². The first-order valence-corrected chi connectivity index (χ1v) is 3.11. The summed E-state index contributed by atoms with van der Waals surface area (Å²) >= 11 is 0. The first-order chi connectivity index (χ1) is 4.72. The van der Waals surface area contributed by atoms with E-state index in [1.165, 1.54) is 7.11 Å². The van der Waals surface area contributed by atoms with Crippen molar-refractivity contribution in [3.8, 4) is 0 Å². The maximum atomic E-state index is 8.90. The maximum Gasteiger partial charge on any atom is 0.146 e. The van der Waals surface area contributed by atoms with Crippen LogP contribution in [0.3, 0.4) is 0 Å². The minimum Gasteiger partial charge on any atom is -0.394 e. The quantitative estimate of drug-likeness (QED) is 0.511. The SMILES string of the molecule is COCO[C@H](CO)C(C)O. The van der Waals surface area contributed by atoms with Crippen LogP contribution in [0.2, 0.25) is 0 Å². The number of ether oxygens (including phenoxy) is 2. The summed E-state index contributed by atoms with van der Waals surface area (Å²) in [5, 5.41) is 17.5. The Balaban J connectivity index is 3.40. The number of aliphatic hydroxyl groups excluding tert-OH is 2. The van der Waals surface area contributed by atoms with E-state index < -0.39 is 12.2 Å². The second kappa shape index (κ2) is 5.61. The summed E-state index contributed by atoms with van der Waals surface area (Å²) in [6.07, 6.45) is -1.21. The van der Waals surface area contributed by atoms with Crippen molar-refractivity contribution in [3.63, 3.8) is 0 Å². The van der Waals surface area contributed by atoms with Gasteiger partial charge in [0.05, 0.1) is 12.7 Å². The zero-order valence-electron chi connectivity index (χ0n) is 6.28. The van der Waals surface area contributed by atoms with E-state index >= 15 is 0 Å². The first kappa shape index (κ1) is 9.84. The van der Waals surface area contributed by atoms with Crippen LogP contribution in [0, 0.1) is 0 Å². The Bertz CT molecular complexity index is 74.1. The molecule has 0 fully saturated rings. The molecule has 0 spiro atoms. The van der Waals surface area contributed by atoms with Gasteiger partial charge in [0, 0.05) is 7.11 Å². The summed E-state index contributed by atoms with van der Waals surface area (Å²) in [5.41, 5.74) is 0. The molecule has 0 radical (unpaired) electrons. The summed E-state index contributed by atoms with van der Waals surface area (Å²) in [4.78, 5) is 0. The van der Waals surface area contributed by atoms with Crippen molar-refractivity contribution in [3.05, 3.63) is 0 Å². The Hall–Kier alpha value is -0.160. The van der Waals surface area contributed by atoms with E-state index in [-0.39, 0.29) is 13.4 Å². The van der Waals surface area contributed by atoms with Gasteiger partial charge in [-0.2, -0.15) is 0 Å². The van der Waals surface area contributed by atoms with E-state index in [0.717, 1.165) is 0 Å². The van der Waals surface area contributed by atoms with E-state index in [2.05, 4.69) is 4.74 Å². The zero-order valence-corrected chi connectivity index (χ0v) is 6.28. The molecule has 0 saturated heterocycles. The van der Waals surface area contributed by atoms with Gasteiger partial charge in [-0.05, 0) is 6.92 Å². The molecule has 0 rings (SSSR count). The lowest BCUT2D eigenvalue weighted by Crippen LogP contribution is -2.30. The van der Waals surface area contributed by atoms with Gasteiger partial charge in [-0.15, -0.1) is 0 Å². The van der Waals surface area contributed by atoms with Crippen molar-refractivity contribution in [1.29, 1.82) is 0 Å². The van der Waals surface area contributed by atoms with Gasteiger partial charge in [0.1, 0.15) is 12.9 Å². The molecule has 62 valence electrons. The summed E-state index contributed by atoms with van der Waals surface area (Å²) < 4.78 is 9.46. The van der Waals surface area contributed by atoms with Gasteiger partial charge in [0.15, 0.2) is 0 Å². The molecule has 0 heterocycles. The van der Waals surface area contributed by atoms with E-state index in [4.69, 9.17) is 14.9 Å². The molecule has 2 N–H and O–H groups in total. The van der Waals surface area contributed by atoms with Crippen LogP contribution in [-0.4, -0.2) is 42.9 Å². The van der Waals surface area contributed by atoms with Crippen molar-refractivity contribution in [2.45, 2.75) is 19.1 Å². The van der Waals surface area contributed by atoms with Crippen LogP contribution in [0.25, 0.3) is 0 Å². The predicted molar refractivity (Wildman–Crippen MR) is 35.5 cm³/mol. The predicted octanol–water partition coefficient (Wildman–Crippen LogP) is -0.651. The van der Waals surface area contributed by atoms with Crippen molar-refractivity contribution < 1.29 is 19.7 Å². The Kier molecular flexibility index (Phi) is 5.52. The number of hydrogen-bond donors (Lipinski definition) is 2. The second-order valence-corrected chi connectivity index (χ2v) is 2.03. The molecular formula is C6H14O4. The molecule has 4 heteroatoms. The highest BCUT2D eigenvalue weighted by Crippen LogP contribution is 1.96. The summed E-state index contributed by atoms with van der Waals surface area (Å²) in [7, 11) is 1.48. The largest absolute Gasteiger partial charge is 0.394 e. The Morgan fingerprint density at radius 1 is 1.50 bits per heavy atom. The smallest absolute Gasteiger partial charge is 0.146 e. The summed E-state index contributed by atoms with van der Waals surface area (Å²) in [5.74, 6) is 0. The van der Waals surface area contributed by atoms with Gasteiger partial charge in [-0.1, -0.05) is 0 Å². The molecule has 0 amide bonds. The van der Waals surface area contributed by atoms with Crippen molar-refractivity contribution in [1.82, 2.24) is 0 Å². The average molecular weight is 150 g/mol. The van der Waals surface area contributed by atoms with Gasteiger partial charge in [-0.25, -0.2) is 0 Å². The molecule has 0 aromatic rings. The van der Waals surface area contributed by atoms with E-state index in [9.17, 15) is 0 Å². The fourth-order valence-electron chi connectivity index (χ4n) is 0.500. The van der Waals surface area contributed by atoms with Crippen LogP contribution in [0.5, 0.6) is 0 Å². The van der Waals surface area contributed by atoms with Crippen molar-refractivity contribution in [2.75, 3.05) is 20.5 Å². The molecule has 0 aromatic carbocycles. The minimum absolute atomic E-state index is 0.0934. The highest BCUT2D eigenvalue weighted by atomic mass is 16.7. The summed E-state index contributed by atoms with van der Waals surface area (Å²) in [6.45, 7) is 1.45. The van der Waals surface area contributed by atoms with Gasteiger partial charge in [-0.3, -0.25) is 0 Å². The third-order valence-electron chi connectivity index (χ3n) is 1.12. The van der Waals surface area contributed by atoms with Crippen LogP contribution in [0.1, 0.15) is 6.92 Å². The van der Waals surface area contributed by atoms with Crippen LogP contribution in [-0.2, 0) is 9.47 Å². The number of rotatable bonds is 5. The molecule has 0 aromatic heterocycles. The molecule has 0 aliphatic rings. The third-order valence-corrected chi connectivity index (χ3v) is 1.12. The highest BCUT2D eigenvalue weighted by molar-refractivity contribution is 4.60. The molecule has 2 atom stereocenters. The molecular weight excluding hydrogens is 136 g/mol. The fraction of sp³-hybridized carbons (Fsp3) is 1.00. The number of aliphatic hydroxyl groups is 2. The van der Waals surface area contributed by atoms with Gasteiger partial charge >= 0.3 is 0 Å². The minimum atomic E-state index is -0.667. The second-order valence-electron chi connectivity index (χ2n) is 2.03. The van der Waals surface area contributed by atoms with Gasteiger partial charge < -0.3 is 19.7 Å². The topological polar surface area (TPSA) is 58.9 Å². The van der Waals surface area contributed by atoms with Gasteiger partial charge in [0.25, 0.3) is 0 Å². The molecule has 0 aliphatic heterocycles. The maximum absolute atomic E-state index is 8.90. The monoisotopic (exact) mass is 150 g/mol. The zero-order chi connectivity index (χ0) is 7.98. The normalized spacial score (nSPS) is 16.8. The standard InChI is InChI=1S/C6H14O4/c1-5(8)6(3-7)10-4-9-2/h5-8H,3-4H2,1-2H3/t5?,6-/m1/s1. The molecule has 0 bridgehead atoms. The van der Waals surface area contributed by atoms with Crippen LogP contribution >= 0.6 is 0 Å². The van der Waals surface area contributed by atoms with Crippen LogP contribution in [0.4, 0.5) is 0 Å². The summed E-state index contributed by atoms with van der Waals surface area (Å²) in [6, 6.07) is 0. The Morgan fingerprint density at radius 2 is 2.10 bits per heavy atom. The van der Waals surface area contributed by atoms with Crippen LogP contribution < -0.4 is 0 Å². The number of hydrogen-bond acceptors (Lipinski definition) is 4. The lowest BCUT2D eigenvalue weighted by Gasteiger charge is -2.16. The highest BCUT2D eigenvalue weighted by Gasteiger charge is 2.13. The van der Waals surface area contributed by atoms with Crippen molar-refractivity contribution >= 4 is 0 Å².